The van der Waals surface area contributed by atoms with Gasteiger partial charge in [-0.25, -0.2) is 0 Å². The predicted octanol–water partition coefficient (Wildman–Crippen LogP) is 3.01. The Balaban J connectivity index is 2.74. The quantitative estimate of drug-likeness (QED) is 0.818. The van der Waals surface area contributed by atoms with Crippen molar-refractivity contribution in [2.24, 2.45) is 11.3 Å². The van der Waals surface area contributed by atoms with Crippen LogP contribution in [-0.2, 0) is 4.79 Å². The molecule has 0 radical (unpaired) electrons. The third-order valence-electron chi connectivity index (χ3n) is 3.26. The van der Waals surface area contributed by atoms with Gasteiger partial charge in [-0.05, 0) is 24.2 Å². The molecule has 3 heteroatoms. The average molecular weight is 254 g/mol. The molecule has 0 aromatic heterocycles. The van der Waals surface area contributed by atoms with Gasteiger partial charge < -0.3 is 4.90 Å². The van der Waals surface area contributed by atoms with Crippen LogP contribution in [-0.4, -0.2) is 29.6 Å². The zero-order valence-electron chi connectivity index (χ0n) is 12.9. The fraction of sp³-hybridized carbons (Fsp3) is 0.933. The fourth-order valence-electron chi connectivity index (χ4n) is 2.60. The summed E-state index contributed by atoms with van der Waals surface area (Å²) in [6.45, 7) is 14.0. The molecule has 2 atom stereocenters. The number of nitrogens with zero attached hydrogens (tertiary/aromatic N) is 1. The van der Waals surface area contributed by atoms with E-state index in [1.165, 1.54) is 0 Å². The van der Waals surface area contributed by atoms with Crippen molar-refractivity contribution in [3.8, 4) is 0 Å². The zero-order valence-corrected chi connectivity index (χ0v) is 12.9. The first-order chi connectivity index (χ1) is 8.24. The second kappa shape index (κ2) is 6.05. The lowest BCUT2D eigenvalue weighted by molar-refractivity contribution is -0.131. The molecule has 1 fully saturated rings. The van der Waals surface area contributed by atoms with Crippen LogP contribution in [0.2, 0.25) is 0 Å². The Labute approximate surface area is 112 Å². The zero-order chi connectivity index (χ0) is 13.9. The van der Waals surface area contributed by atoms with E-state index in [9.17, 15) is 4.79 Å². The highest BCUT2D eigenvalue weighted by Crippen LogP contribution is 2.24. The molecule has 1 N–H and O–H groups in total. The molecule has 1 amide bonds. The van der Waals surface area contributed by atoms with Crippen LogP contribution in [0.25, 0.3) is 0 Å². The molecule has 3 nitrogen and oxygen atoms in total. The number of hydrogen-bond donors (Lipinski definition) is 1. The largest absolute Gasteiger partial charge is 0.325 e. The van der Waals surface area contributed by atoms with Crippen LogP contribution >= 0.6 is 0 Å². The topological polar surface area (TPSA) is 32.3 Å². The molecule has 18 heavy (non-hydrogen) atoms. The molecule has 1 heterocycles. The minimum Gasteiger partial charge on any atom is -0.325 e. The highest BCUT2D eigenvalue weighted by atomic mass is 16.2. The molecule has 0 saturated carbocycles. The van der Waals surface area contributed by atoms with Crippen LogP contribution in [0, 0.1) is 11.3 Å². The van der Waals surface area contributed by atoms with Gasteiger partial charge in [0.05, 0.1) is 12.2 Å². The minimum atomic E-state index is 0.0314. The summed E-state index contributed by atoms with van der Waals surface area (Å²) in [5.41, 5.74) is 0.163. The Kier molecular flexibility index (Phi) is 5.20. The predicted molar refractivity (Wildman–Crippen MR) is 76.2 cm³/mol. The van der Waals surface area contributed by atoms with Gasteiger partial charge in [-0.2, -0.15) is 0 Å². The first kappa shape index (κ1) is 15.5. The maximum Gasteiger partial charge on any atom is 0.241 e. The lowest BCUT2D eigenvalue weighted by Gasteiger charge is -2.30. The second-order valence-corrected chi connectivity index (χ2v) is 7.18. The van der Waals surface area contributed by atoms with E-state index in [0.29, 0.717) is 11.8 Å². The lowest BCUT2D eigenvalue weighted by Crippen LogP contribution is -2.42. The van der Waals surface area contributed by atoms with Gasteiger partial charge in [-0.3, -0.25) is 10.1 Å². The van der Waals surface area contributed by atoms with Gasteiger partial charge in [0.25, 0.3) is 0 Å². The molecule has 2 unspecified atom stereocenters. The maximum atomic E-state index is 12.5. The van der Waals surface area contributed by atoms with Crippen LogP contribution in [0.1, 0.15) is 60.8 Å². The highest BCUT2D eigenvalue weighted by Gasteiger charge is 2.39. The third kappa shape index (κ3) is 4.27. The van der Waals surface area contributed by atoms with E-state index in [1.54, 1.807) is 0 Å². The van der Waals surface area contributed by atoms with Crippen LogP contribution < -0.4 is 5.32 Å². The van der Waals surface area contributed by atoms with Gasteiger partial charge in [-0.15, -0.1) is 0 Å². The first-order valence-electron chi connectivity index (χ1n) is 7.31. The Bertz CT molecular complexity index is 281. The molecule has 0 aliphatic carbocycles. The third-order valence-corrected chi connectivity index (χ3v) is 3.26. The number of rotatable bonds is 5. The van der Waals surface area contributed by atoms with Crippen molar-refractivity contribution in [3.05, 3.63) is 0 Å². The van der Waals surface area contributed by atoms with Crippen LogP contribution in [0.3, 0.4) is 0 Å². The molecule has 0 bridgehead atoms. The molecule has 0 aromatic carbocycles. The molecular weight excluding hydrogens is 224 g/mol. The Morgan fingerprint density at radius 1 is 1.33 bits per heavy atom. The molecule has 1 aliphatic rings. The number of amides is 1. The monoisotopic (exact) mass is 254 g/mol. The highest BCUT2D eigenvalue weighted by molar-refractivity contribution is 5.84. The van der Waals surface area contributed by atoms with Crippen LogP contribution in [0.4, 0.5) is 0 Å². The Morgan fingerprint density at radius 2 is 1.94 bits per heavy atom. The average Bonchev–Trinajstić information content (AvgIpc) is 2.44. The van der Waals surface area contributed by atoms with Crippen molar-refractivity contribution in [2.45, 2.75) is 73.0 Å². The van der Waals surface area contributed by atoms with E-state index < -0.39 is 0 Å². The van der Waals surface area contributed by atoms with Crippen molar-refractivity contribution in [1.29, 1.82) is 0 Å². The summed E-state index contributed by atoms with van der Waals surface area (Å²) in [4.78, 5) is 14.5. The first-order valence-corrected chi connectivity index (χ1v) is 7.31. The minimum absolute atomic E-state index is 0.0314. The summed E-state index contributed by atoms with van der Waals surface area (Å²) in [6.07, 6.45) is 3.35. The normalized spacial score (nSPS) is 25.3. The van der Waals surface area contributed by atoms with Crippen molar-refractivity contribution in [1.82, 2.24) is 10.2 Å². The van der Waals surface area contributed by atoms with E-state index in [-0.39, 0.29) is 17.6 Å². The van der Waals surface area contributed by atoms with Crippen molar-refractivity contribution in [3.63, 3.8) is 0 Å². The molecule has 0 spiro atoms. The summed E-state index contributed by atoms with van der Waals surface area (Å²) >= 11 is 0. The van der Waals surface area contributed by atoms with E-state index in [4.69, 9.17) is 0 Å². The smallest absolute Gasteiger partial charge is 0.241 e. The lowest BCUT2D eigenvalue weighted by atomic mass is 9.95. The van der Waals surface area contributed by atoms with Gasteiger partial charge in [0.1, 0.15) is 0 Å². The molecule has 1 saturated heterocycles. The molecule has 1 rings (SSSR count). The van der Waals surface area contributed by atoms with E-state index in [1.807, 2.05) is 0 Å². The van der Waals surface area contributed by atoms with Gasteiger partial charge in [0, 0.05) is 6.54 Å². The molecule has 1 aliphatic heterocycles. The van der Waals surface area contributed by atoms with Crippen LogP contribution in [0.15, 0.2) is 0 Å². The molecule has 106 valence electrons. The van der Waals surface area contributed by atoms with Crippen molar-refractivity contribution >= 4 is 5.91 Å². The fourth-order valence-corrected chi connectivity index (χ4v) is 2.60. The Hall–Kier alpha value is -0.570. The van der Waals surface area contributed by atoms with E-state index >= 15 is 0 Å². The Morgan fingerprint density at radius 3 is 2.39 bits per heavy atom. The summed E-state index contributed by atoms with van der Waals surface area (Å²) in [6, 6.07) is 0.0314. The summed E-state index contributed by atoms with van der Waals surface area (Å²) < 4.78 is 0. The number of carbonyl (C=O) groups excluding carboxylic acids is 1. The van der Waals surface area contributed by atoms with E-state index in [2.05, 4.69) is 51.8 Å². The van der Waals surface area contributed by atoms with Gasteiger partial charge in [0.15, 0.2) is 0 Å². The molecular formula is C15H30N2O. The van der Waals surface area contributed by atoms with Crippen molar-refractivity contribution < 1.29 is 4.79 Å². The van der Waals surface area contributed by atoms with E-state index in [0.717, 1.165) is 25.8 Å². The van der Waals surface area contributed by atoms with Gasteiger partial charge >= 0.3 is 0 Å². The van der Waals surface area contributed by atoms with Crippen molar-refractivity contribution in [2.75, 3.05) is 6.54 Å². The molecule has 0 aromatic rings. The summed E-state index contributed by atoms with van der Waals surface area (Å²) in [5, 5.41) is 3.52. The number of hydrogen-bond acceptors (Lipinski definition) is 2. The standard InChI is InChI=1S/C15H30N2O/c1-7-8-13-16-12(9-11(2)3)14(18)17(13)10-15(4,5)6/h11-13,16H,7-10H2,1-6H3. The summed E-state index contributed by atoms with van der Waals surface area (Å²) in [5.74, 6) is 0.861. The van der Waals surface area contributed by atoms with Gasteiger partial charge in [-0.1, -0.05) is 48.0 Å². The second-order valence-electron chi connectivity index (χ2n) is 7.18. The number of nitrogens with one attached hydrogen (secondary N) is 1. The SMILES string of the molecule is CCCC1NC(CC(C)C)C(=O)N1CC(C)(C)C. The number of carbonyl (C=O) groups is 1. The van der Waals surface area contributed by atoms with Gasteiger partial charge in [0.2, 0.25) is 5.91 Å². The summed E-state index contributed by atoms with van der Waals surface area (Å²) in [7, 11) is 0. The van der Waals surface area contributed by atoms with Crippen LogP contribution in [0.5, 0.6) is 0 Å². The maximum absolute atomic E-state index is 12.5.